The monoisotopic (exact) mass is 219 g/mol. The summed E-state index contributed by atoms with van der Waals surface area (Å²) in [5.41, 5.74) is 1.84. The molecular weight excluding hydrogens is 210 g/mol. The Morgan fingerprint density at radius 3 is 2.80 bits per heavy atom. The third kappa shape index (κ3) is 1.37. The normalized spacial score (nSPS) is 15.8. The number of benzene rings is 1. The number of rotatable bonds is 1. The molecule has 1 saturated carbocycles. The molecule has 1 aromatic heterocycles. The van der Waals surface area contributed by atoms with Crippen molar-refractivity contribution in [2.75, 3.05) is 0 Å². The lowest BCUT2D eigenvalue weighted by Crippen LogP contribution is -1.87. The Kier molecular flexibility index (Phi) is 1.86. The number of fused-ring (bicyclic) bond motifs is 1. The number of phenols is 1. The van der Waals surface area contributed by atoms with Crippen molar-refractivity contribution in [3.05, 3.63) is 35.0 Å². The maximum atomic E-state index is 9.70. The molecule has 0 radical (unpaired) electrons. The van der Waals surface area contributed by atoms with Gasteiger partial charge in [-0.2, -0.15) is 0 Å². The minimum atomic E-state index is 0.205. The van der Waals surface area contributed by atoms with E-state index in [1.165, 1.54) is 18.4 Å². The molecule has 0 unspecified atom stereocenters. The van der Waals surface area contributed by atoms with Crippen LogP contribution in [0.3, 0.4) is 0 Å². The molecule has 2 nitrogen and oxygen atoms in total. The van der Waals surface area contributed by atoms with Gasteiger partial charge in [-0.1, -0.05) is 11.6 Å². The van der Waals surface area contributed by atoms with Crippen molar-refractivity contribution in [1.29, 1.82) is 0 Å². The van der Waals surface area contributed by atoms with Crippen molar-refractivity contribution in [1.82, 2.24) is 4.98 Å². The van der Waals surface area contributed by atoms with Crippen molar-refractivity contribution >= 4 is 22.5 Å². The van der Waals surface area contributed by atoms with Gasteiger partial charge in [0.2, 0.25) is 0 Å². The minimum Gasteiger partial charge on any atom is -0.506 e. The van der Waals surface area contributed by atoms with Gasteiger partial charge in [-0.25, -0.2) is 0 Å². The summed E-state index contributed by atoms with van der Waals surface area (Å²) >= 11 is 6.15. The molecule has 1 aromatic carbocycles. The van der Waals surface area contributed by atoms with Gasteiger partial charge in [-0.15, -0.1) is 0 Å². The van der Waals surface area contributed by atoms with E-state index in [0.717, 1.165) is 5.39 Å². The zero-order chi connectivity index (χ0) is 10.4. The molecule has 3 rings (SSSR count). The zero-order valence-corrected chi connectivity index (χ0v) is 8.83. The second kappa shape index (κ2) is 3.11. The van der Waals surface area contributed by atoms with Gasteiger partial charge in [0, 0.05) is 11.6 Å². The number of aromatic hydroxyl groups is 1. The highest BCUT2D eigenvalue weighted by Crippen LogP contribution is 2.45. The molecule has 1 aliphatic carbocycles. The van der Waals surface area contributed by atoms with Crippen LogP contribution in [0.25, 0.3) is 10.9 Å². The number of nitrogens with zero attached hydrogens (tertiary/aromatic N) is 1. The molecule has 0 spiro atoms. The van der Waals surface area contributed by atoms with Gasteiger partial charge in [0.1, 0.15) is 11.3 Å². The standard InChI is InChI=1S/C12H10ClNO/c13-9-3-4-10(15)12-11(9)8(5-6-14-12)7-1-2-7/h3-7,15H,1-2H2. The second-order valence-corrected chi connectivity index (χ2v) is 4.37. The number of hydrogen-bond acceptors (Lipinski definition) is 2. The maximum Gasteiger partial charge on any atom is 0.141 e. The van der Waals surface area contributed by atoms with Gasteiger partial charge in [0.25, 0.3) is 0 Å². The molecule has 1 aliphatic rings. The van der Waals surface area contributed by atoms with Crippen LogP contribution in [0.1, 0.15) is 24.3 Å². The highest BCUT2D eigenvalue weighted by atomic mass is 35.5. The number of hydrogen-bond donors (Lipinski definition) is 1. The Bertz CT molecular complexity index is 534. The van der Waals surface area contributed by atoms with Crippen LogP contribution in [-0.2, 0) is 0 Å². The van der Waals surface area contributed by atoms with Gasteiger partial charge < -0.3 is 5.11 Å². The number of halogens is 1. The van der Waals surface area contributed by atoms with Crippen molar-refractivity contribution in [2.24, 2.45) is 0 Å². The van der Waals surface area contributed by atoms with Crippen molar-refractivity contribution in [3.63, 3.8) is 0 Å². The Hall–Kier alpha value is -1.28. The molecule has 76 valence electrons. The Morgan fingerprint density at radius 1 is 1.27 bits per heavy atom. The van der Waals surface area contributed by atoms with Crippen LogP contribution in [0, 0.1) is 0 Å². The van der Waals surface area contributed by atoms with E-state index in [-0.39, 0.29) is 5.75 Å². The second-order valence-electron chi connectivity index (χ2n) is 3.96. The highest BCUT2D eigenvalue weighted by Gasteiger charge is 2.26. The molecule has 2 aromatic rings. The van der Waals surface area contributed by atoms with Gasteiger partial charge in [0.05, 0.1) is 5.02 Å². The molecule has 1 fully saturated rings. The first-order valence-electron chi connectivity index (χ1n) is 5.03. The Balaban J connectivity index is 2.41. The summed E-state index contributed by atoms with van der Waals surface area (Å²) in [6, 6.07) is 5.33. The van der Waals surface area contributed by atoms with E-state index >= 15 is 0 Å². The predicted octanol–water partition coefficient (Wildman–Crippen LogP) is 3.47. The number of aromatic nitrogens is 1. The summed E-state index contributed by atoms with van der Waals surface area (Å²) in [7, 11) is 0. The van der Waals surface area contributed by atoms with Crippen molar-refractivity contribution < 1.29 is 5.11 Å². The van der Waals surface area contributed by atoms with Crippen LogP contribution in [0.2, 0.25) is 5.02 Å². The SMILES string of the molecule is Oc1ccc(Cl)c2c(C3CC3)ccnc12. The molecule has 0 atom stereocenters. The van der Waals surface area contributed by atoms with Crippen LogP contribution in [0.5, 0.6) is 5.75 Å². The smallest absolute Gasteiger partial charge is 0.141 e. The lowest BCUT2D eigenvalue weighted by Gasteiger charge is -2.07. The lowest BCUT2D eigenvalue weighted by molar-refractivity contribution is 0.480. The summed E-state index contributed by atoms with van der Waals surface area (Å²) in [4.78, 5) is 4.18. The first-order valence-corrected chi connectivity index (χ1v) is 5.41. The molecule has 1 heterocycles. The van der Waals surface area contributed by atoms with E-state index in [4.69, 9.17) is 11.6 Å². The van der Waals surface area contributed by atoms with Crippen molar-refractivity contribution in [2.45, 2.75) is 18.8 Å². The van der Waals surface area contributed by atoms with Gasteiger partial charge in [-0.3, -0.25) is 4.98 Å². The summed E-state index contributed by atoms with van der Waals surface area (Å²) in [6.45, 7) is 0. The molecule has 0 aliphatic heterocycles. The molecule has 0 bridgehead atoms. The number of pyridine rings is 1. The summed E-state index contributed by atoms with van der Waals surface area (Å²) in [5.74, 6) is 0.812. The molecule has 3 heteroatoms. The van der Waals surface area contributed by atoms with Gasteiger partial charge in [0.15, 0.2) is 0 Å². The highest BCUT2D eigenvalue weighted by molar-refractivity contribution is 6.35. The Labute approximate surface area is 92.5 Å². The lowest BCUT2D eigenvalue weighted by atomic mass is 10.0. The molecular formula is C12H10ClNO. The fourth-order valence-electron chi connectivity index (χ4n) is 1.97. The van der Waals surface area contributed by atoms with E-state index in [9.17, 15) is 5.11 Å². The zero-order valence-electron chi connectivity index (χ0n) is 8.07. The average Bonchev–Trinajstić information content (AvgIpc) is 3.07. The first-order chi connectivity index (χ1) is 7.27. The van der Waals surface area contributed by atoms with E-state index in [1.54, 1.807) is 18.3 Å². The van der Waals surface area contributed by atoms with E-state index in [2.05, 4.69) is 4.98 Å². The fraction of sp³-hybridized carbons (Fsp3) is 0.250. The topological polar surface area (TPSA) is 33.1 Å². The van der Waals surface area contributed by atoms with Crippen LogP contribution < -0.4 is 0 Å². The largest absolute Gasteiger partial charge is 0.506 e. The summed E-state index contributed by atoms with van der Waals surface area (Å²) in [5, 5.41) is 11.3. The summed E-state index contributed by atoms with van der Waals surface area (Å²) < 4.78 is 0. The summed E-state index contributed by atoms with van der Waals surface area (Å²) in [6.07, 6.45) is 4.17. The van der Waals surface area contributed by atoms with E-state index in [1.807, 2.05) is 6.07 Å². The third-order valence-corrected chi connectivity index (χ3v) is 3.18. The maximum absolute atomic E-state index is 9.70. The van der Waals surface area contributed by atoms with E-state index in [0.29, 0.717) is 16.5 Å². The van der Waals surface area contributed by atoms with Crippen LogP contribution >= 0.6 is 11.6 Å². The van der Waals surface area contributed by atoms with Gasteiger partial charge in [-0.05, 0) is 42.5 Å². The fourth-order valence-corrected chi connectivity index (χ4v) is 2.23. The van der Waals surface area contributed by atoms with Crippen LogP contribution in [0.4, 0.5) is 0 Å². The predicted molar refractivity (Wildman–Crippen MR) is 60.4 cm³/mol. The van der Waals surface area contributed by atoms with Crippen LogP contribution in [0.15, 0.2) is 24.4 Å². The quantitative estimate of drug-likeness (QED) is 0.797. The molecule has 0 saturated heterocycles. The molecule has 0 amide bonds. The third-order valence-electron chi connectivity index (χ3n) is 2.87. The number of phenolic OH excluding ortho intramolecular Hbond substituents is 1. The van der Waals surface area contributed by atoms with Crippen LogP contribution in [-0.4, -0.2) is 10.1 Å². The average molecular weight is 220 g/mol. The van der Waals surface area contributed by atoms with Gasteiger partial charge >= 0.3 is 0 Å². The van der Waals surface area contributed by atoms with E-state index < -0.39 is 0 Å². The molecule has 1 N–H and O–H groups in total. The first kappa shape index (κ1) is 8.98. The van der Waals surface area contributed by atoms with Crippen molar-refractivity contribution in [3.8, 4) is 5.75 Å². The molecule has 15 heavy (non-hydrogen) atoms. The minimum absolute atomic E-state index is 0.205. The Morgan fingerprint density at radius 2 is 2.07 bits per heavy atom.